The van der Waals surface area contributed by atoms with E-state index in [9.17, 15) is 14.7 Å². The quantitative estimate of drug-likeness (QED) is 0.835. The van der Waals surface area contributed by atoms with Gasteiger partial charge in [0.2, 0.25) is 0 Å². The van der Waals surface area contributed by atoms with E-state index in [1.54, 1.807) is 19.1 Å². The Bertz CT molecular complexity index is 564. The molecule has 120 valence electrons. The maximum absolute atomic E-state index is 12.3. The van der Waals surface area contributed by atoms with Crippen molar-refractivity contribution in [1.82, 2.24) is 0 Å². The lowest BCUT2D eigenvalue weighted by Crippen LogP contribution is -2.40. The summed E-state index contributed by atoms with van der Waals surface area (Å²) in [5.74, 6) is -2.00. The van der Waals surface area contributed by atoms with Gasteiger partial charge in [-0.1, -0.05) is 0 Å². The van der Waals surface area contributed by atoms with Gasteiger partial charge in [-0.05, 0) is 39.0 Å². The molecule has 0 saturated carbocycles. The number of esters is 2. The molecule has 0 bridgehead atoms. The van der Waals surface area contributed by atoms with Crippen LogP contribution >= 0.6 is 0 Å². The zero-order chi connectivity index (χ0) is 16.3. The second-order valence-corrected chi connectivity index (χ2v) is 5.68. The Balaban J connectivity index is 2.31. The Kier molecular flexibility index (Phi) is 4.71. The summed E-state index contributed by atoms with van der Waals surface area (Å²) in [6.45, 7) is 4.88. The number of hydrogen-bond acceptors (Lipinski definition) is 6. The lowest BCUT2D eigenvalue weighted by Gasteiger charge is -2.31. The molecule has 0 spiro atoms. The van der Waals surface area contributed by atoms with E-state index in [4.69, 9.17) is 13.9 Å². The summed E-state index contributed by atoms with van der Waals surface area (Å²) >= 11 is 0. The van der Waals surface area contributed by atoms with Crippen LogP contribution in [0, 0.1) is 11.8 Å². The monoisotopic (exact) mass is 308 g/mol. The van der Waals surface area contributed by atoms with Crippen molar-refractivity contribution in [2.75, 3.05) is 6.61 Å². The standard InChI is InChI=1S/C16H20O6/c1-4-20-14(17)12-9-13(16(2,3)19)22-15(18)11(12)8-10-6-5-7-21-10/h5-7,9,11-12,19H,4,8H2,1-3H3/t11-,12-/m1/s1. The van der Waals surface area contributed by atoms with Crippen LogP contribution in [-0.4, -0.2) is 29.3 Å². The molecule has 1 aliphatic rings. The summed E-state index contributed by atoms with van der Waals surface area (Å²) in [5, 5.41) is 10.0. The van der Waals surface area contributed by atoms with Crippen molar-refractivity contribution in [3.05, 3.63) is 36.0 Å². The molecule has 2 rings (SSSR count). The Hall–Kier alpha value is -2.08. The van der Waals surface area contributed by atoms with Crippen LogP contribution in [0.15, 0.2) is 34.6 Å². The summed E-state index contributed by atoms with van der Waals surface area (Å²) in [4.78, 5) is 24.4. The zero-order valence-corrected chi connectivity index (χ0v) is 12.9. The first kappa shape index (κ1) is 16.3. The molecular weight excluding hydrogens is 288 g/mol. The summed E-state index contributed by atoms with van der Waals surface area (Å²) < 4.78 is 15.5. The van der Waals surface area contributed by atoms with Gasteiger partial charge in [0.05, 0.1) is 24.7 Å². The van der Waals surface area contributed by atoms with Gasteiger partial charge in [0.15, 0.2) is 0 Å². The average molecular weight is 308 g/mol. The smallest absolute Gasteiger partial charge is 0.315 e. The third-order valence-corrected chi connectivity index (χ3v) is 3.44. The van der Waals surface area contributed by atoms with Crippen LogP contribution in [0.5, 0.6) is 0 Å². The minimum absolute atomic E-state index is 0.0613. The molecule has 1 N–H and O–H groups in total. The minimum atomic E-state index is -1.35. The lowest BCUT2D eigenvalue weighted by molar-refractivity contribution is -0.161. The van der Waals surface area contributed by atoms with E-state index in [2.05, 4.69) is 0 Å². The highest BCUT2D eigenvalue weighted by atomic mass is 16.6. The minimum Gasteiger partial charge on any atom is -0.469 e. The Labute approximate surface area is 128 Å². The first-order valence-electron chi connectivity index (χ1n) is 7.18. The van der Waals surface area contributed by atoms with E-state index in [0.717, 1.165) is 0 Å². The van der Waals surface area contributed by atoms with Crippen LogP contribution in [0.3, 0.4) is 0 Å². The number of hydrogen-bond donors (Lipinski definition) is 1. The van der Waals surface area contributed by atoms with Crippen molar-refractivity contribution >= 4 is 11.9 Å². The van der Waals surface area contributed by atoms with Gasteiger partial charge in [-0.2, -0.15) is 0 Å². The van der Waals surface area contributed by atoms with Gasteiger partial charge >= 0.3 is 11.9 Å². The number of ether oxygens (including phenoxy) is 2. The predicted molar refractivity (Wildman–Crippen MR) is 76.5 cm³/mol. The number of cyclic esters (lactones) is 1. The number of aliphatic hydroxyl groups is 1. The average Bonchev–Trinajstić information content (AvgIpc) is 2.92. The number of carbonyl (C=O) groups is 2. The molecule has 0 fully saturated rings. The van der Waals surface area contributed by atoms with Crippen molar-refractivity contribution in [1.29, 1.82) is 0 Å². The molecular formula is C16H20O6. The van der Waals surface area contributed by atoms with Crippen LogP contribution in [0.2, 0.25) is 0 Å². The maximum Gasteiger partial charge on any atom is 0.315 e. The Morgan fingerprint density at radius 2 is 2.18 bits per heavy atom. The highest BCUT2D eigenvalue weighted by molar-refractivity contribution is 5.86. The first-order valence-corrected chi connectivity index (χ1v) is 7.18. The third-order valence-electron chi connectivity index (χ3n) is 3.44. The molecule has 0 radical (unpaired) electrons. The van der Waals surface area contributed by atoms with Gasteiger partial charge in [0.1, 0.15) is 17.1 Å². The van der Waals surface area contributed by atoms with E-state index in [1.807, 2.05) is 0 Å². The van der Waals surface area contributed by atoms with E-state index < -0.39 is 29.4 Å². The van der Waals surface area contributed by atoms with Crippen molar-refractivity contribution in [3.8, 4) is 0 Å². The molecule has 0 saturated heterocycles. The molecule has 6 nitrogen and oxygen atoms in total. The van der Waals surface area contributed by atoms with Gasteiger partial charge in [0, 0.05) is 6.42 Å². The normalized spacial score (nSPS) is 22.0. The largest absolute Gasteiger partial charge is 0.469 e. The van der Waals surface area contributed by atoms with Gasteiger partial charge < -0.3 is 19.0 Å². The van der Waals surface area contributed by atoms with Crippen molar-refractivity contribution in [2.24, 2.45) is 11.8 Å². The number of carbonyl (C=O) groups excluding carboxylic acids is 2. The molecule has 22 heavy (non-hydrogen) atoms. The van der Waals surface area contributed by atoms with Crippen molar-refractivity contribution in [3.63, 3.8) is 0 Å². The van der Waals surface area contributed by atoms with E-state index in [-0.39, 0.29) is 18.8 Å². The highest BCUT2D eigenvalue weighted by Gasteiger charge is 2.42. The van der Waals surface area contributed by atoms with Gasteiger partial charge in [0.25, 0.3) is 0 Å². The molecule has 2 atom stereocenters. The van der Waals surface area contributed by atoms with Crippen molar-refractivity contribution in [2.45, 2.75) is 32.8 Å². The van der Waals surface area contributed by atoms with E-state index >= 15 is 0 Å². The van der Waals surface area contributed by atoms with Crippen LogP contribution in [0.1, 0.15) is 26.5 Å². The second kappa shape index (κ2) is 6.36. The fourth-order valence-corrected chi connectivity index (χ4v) is 2.30. The molecule has 1 aromatic rings. The molecule has 1 aromatic heterocycles. The van der Waals surface area contributed by atoms with Gasteiger partial charge in [-0.25, -0.2) is 0 Å². The van der Waals surface area contributed by atoms with Crippen LogP contribution in [-0.2, 0) is 25.5 Å². The summed E-state index contributed by atoms with van der Waals surface area (Å²) in [7, 11) is 0. The summed E-state index contributed by atoms with van der Waals surface area (Å²) in [6, 6.07) is 3.44. The molecule has 1 aliphatic heterocycles. The fraction of sp³-hybridized carbons (Fsp3) is 0.500. The SMILES string of the molecule is CCOC(=O)[C@@H]1C=C(C(C)(C)O)OC(=O)[C@@H]1Cc1ccco1. The van der Waals surface area contributed by atoms with Crippen molar-refractivity contribution < 1.29 is 28.6 Å². The third kappa shape index (κ3) is 3.57. The predicted octanol–water partition coefficient (Wildman–Crippen LogP) is 1.83. The van der Waals surface area contributed by atoms with E-state index in [0.29, 0.717) is 5.76 Å². The maximum atomic E-state index is 12.3. The topological polar surface area (TPSA) is 86.0 Å². The van der Waals surface area contributed by atoms with E-state index in [1.165, 1.54) is 26.2 Å². The van der Waals surface area contributed by atoms with Crippen LogP contribution < -0.4 is 0 Å². The Morgan fingerprint density at radius 1 is 1.45 bits per heavy atom. The summed E-state index contributed by atoms with van der Waals surface area (Å²) in [6.07, 6.45) is 3.19. The van der Waals surface area contributed by atoms with Gasteiger partial charge in [-0.15, -0.1) is 0 Å². The Morgan fingerprint density at radius 3 is 2.73 bits per heavy atom. The van der Waals surface area contributed by atoms with Crippen LogP contribution in [0.4, 0.5) is 0 Å². The molecule has 0 aliphatic carbocycles. The summed E-state index contributed by atoms with van der Waals surface area (Å²) in [5.41, 5.74) is -1.35. The lowest BCUT2D eigenvalue weighted by atomic mass is 9.84. The molecule has 6 heteroatoms. The number of furan rings is 1. The molecule has 0 unspecified atom stereocenters. The molecule has 0 aromatic carbocycles. The second-order valence-electron chi connectivity index (χ2n) is 5.68. The first-order chi connectivity index (χ1) is 10.3. The zero-order valence-electron chi connectivity index (χ0n) is 12.9. The van der Waals surface area contributed by atoms with Gasteiger partial charge in [-0.3, -0.25) is 9.59 Å². The fourth-order valence-electron chi connectivity index (χ4n) is 2.30. The number of rotatable bonds is 5. The highest BCUT2D eigenvalue weighted by Crippen LogP contribution is 2.32. The molecule has 2 heterocycles. The van der Waals surface area contributed by atoms with Crippen LogP contribution in [0.25, 0.3) is 0 Å². The molecule has 0 amide bonds.